The van der Waals surface area contributed by atoms with E-state index in [2.05, 4.69) is 20.9 Å². The molecule has 0 saturated heterocycles. The van der Waals surface area contributed by atoms with E-state index in [4.69, 9.17) is 5.73 Å². The first-order valence-electron chi connectivity index (χ1n) is 5.22. The highest BCUT2D eigenvalue weighted by molar-refractivity contribution is 9.10. The lowest BCUT2D eigenvalue weighted by Gasteiger charge is -2.14. The fourth-order valence-electron chi connectivity index (χ4n) is 1.69. The Kier molecular flexibility index (Phi) is 3.45. The summed E-state index contributed by atoms with van der Waals surface area (Å²) in [4.78, 5) is 4.07. The third-order valence-electron chi connectivity index (χ3n) is 2.56. The summed E-state index contributed by atoms with van der Waals surface area (Å²) in [7, 11) is 0. The third-order valence-corrected chi connectivity index (χ3v) is 3.05. The molecule has 1 aromatic heterocycles. The standard InChI is InChI=1S/C13H13BrN2O/c1-8-4-9(7-16-6-8)13(17)11-5-10(14)2-3-12(11)15/h2-7,13,17H,15H2,1H3. The van der Waals surface area contributed by atoms with E-state index in [0.717, 1.165) is 15.6 Å². The molecule has 1 heterocycles. The number of benzene rings is 1. The molecule has 2 rings (SSSR count). The van der Waals surface area contributed by atoms with Crippen LogP contribution in [0.15, 0.2) is 41.1 Å². The second kappa shape index (κ2) is 4.85. The average Bonchev–Trinajstić information content (AvgIpc) is 2.31. The Morgan fingerprint density at radius 2 is 2.06 bits per heavy atom. The van der Waals surface area contributed by atoms with Gasteiger partial charge in [0.05, 0.1) is 0 Å². The zero-order valence-electron chi connectivity index (χ0n) is 9.39. The summed E-state index contributed by atoms with van der Waals surface area (Å²) in [5.74, 6) is 0. The highest BCUT2D eigenvalue weighted by Gasteiger charge is 2.14. The van der Waals surface area contributed by atoms with E-state index < -0.39 is 6.10 Å². The fraction of sp³-hybridized carbons (Fsp3) is 0.154. The fourth-order valence-corrected chi connectivity index (χ4v) is 2.07. The van der Waals surface area contributed by atoms with Crippen LogP contribution in [-0.2, 0) is 0 Å². The molecule has 1 atom stereocenters. The van der Waals surface area contributed by atoms with E-state index in [-0.39, 0.29) is 0 Å². The summed E-state index contributed by atoms with van der Waals surface area (Å²) in [6, 6.07) is 7.34. The highest BCUT2D eigenvalue weighted by Crippen LogP contribution is 2.29. The van der Waals surface area contributed by atoms with Crippen molar-refractivity contribution in [2.24, 2.45) is 0 Å². The Morgan fingerprint density at radius 3 is 2.76 bits per heavy atom. The summed E-state index contributed by atoms with van der Waals surface area (Å²) in [6.45, 7) is 1.94. The number of nitrogens with zero attached hydrogens (tertiary/aromatic N) is 1. The van der Waals surface area contributed by atoms with Gasteiger partial charge in [0.1, 0.15) is 6.10 Å². The van der Waals surface area contributed by atoms with Gasteiger partial charge in [-0.15, -0.1) is 0 Å². The van der Waals surface area contributed by atoms with Gasteiger partial charge in [-0.05, 0) is 30.7 Å². The molecule has 0 fully saturated rings. The van der Waals surface area contributed by atoms with E-state index in [1.807, 2.05) is 25.1 Å². The molecule has 1 aromatic carbocycles. The van der Waals surface area contributed by atoms with Crippen molar-refractivity contribution in [2.75, 3.05) is 5.73 Å². The molecule has 88 valence electrons. The lowest BCUT2D eigenvalue weighted by molar-refractivity contribution is 0.220. The number of halogens is 1. The van der Waals surface area contributed by atoms with Gasteiger partial charge in [0.2, 0.25) is 0 Å². The summed E-state index contributed by atoms with van der Waals surface area (Å²) < 4.78 is 0.890. The molecule has 17 heavy (non-hydrogen) atoms. The van der Waals surface area contributed by atoms with Gasteiger partial charge < -0.3 is 10.8 Å². The van der Waals surface area contributed by atoms with Gasteiger partial charge in [-0.2, -0.15) is 0 Å². The van der Waals surface area contributed by atoms with E-state index >= 15 is 0 Å². The number of anilines is 1. The van der Waals surface area contributed by atoms with Crippen molar-refractivity contribution in [3.63, 3.8) is 0 Å². The molecule has 0 aliphatic heterocycles. The van der Waals surface area contributed by atoms with Crippen LogP contribution in [0.25, 0.3) is 0 Å². The van der Waals surface area contributed by atoms with Crippen LogP contribution in [-0.4, -0.2) is 10.1 Å². The molecule has 2 aromatic rings. The molecule has 0 bridgehead atoms. The quantitative estimate of drug-likeness (QED) is 0.837. The van der Waals surface area contributed by atoms with E-state index in [0.29, 0.717) is 11.3 Å². The number of aromatic nitrogens is 1. The normalized spacial score (nSPS) is 12.4. The molecule has 0 aliphatic rings. The lowest BCUT2D eigenvalue weighted by atomic mass is 10.0. The molecule has 0 radical (unpaired) electrons. The number of aliphatic hydroxyl groups excluding tert-OH is 1. The van der Waals surface area contributed by atoms with E-state index in [1.54, 1.807) is 18.5 Å². The first-order valence-corrected chi connectivity index (χ1v) is 6.02. The Bertz CT molecular complexity index is 543. The van der Waals surface area contributed by atoms with Gasteiger partial charge in [-0.1, -0.05) is 22.0 Å². The van der Waals surface area contributed by atoms with Crippen molar-refractivity contribution in [1.29, 1.82) is 0 Å². The molecule has 4 heteroatoms. The van der Waals surface area contributed by atoms with Crippen LogP contribution in [0, 0.1) is 6.92 Å². The minimum atomic E-state index is -0.750. The Hall–Kier alpha value is -1.39. The average molecular weight is 293 g/mol. The van der Waals surface area contributed by atoms with Gasteiger partial charge in [-0.3, -0.25) is 4.98 Å². The van der Waals surface area contributed by atoms with Crippen LogP contribution < -0.4 is 5.73 Å². The number of pyridine rings is 1. The highest BCUT2D eigenvalue weighted by atomic mass is 79.9. The van der Waals surface area contributed by atoms with Crippen molar-refractivity contribution in [3.05, 3.63) is 57.8 Å². The number of nitrogens with two attached hydrogens (primary N) is 1. The smallest absolute Gasteiger partial charge is 0.108 e. The van der Waals surface area contributed by atoms with E-state index in [9.17, 15) is 5.11 Å². The molecule has 0 aliphatic carbocycles. The SMILES string of the molecule is Cc1cncc(C(O)c2cc(Br)ccc2N)c1. The predicted octanol–water partition coefficient (Wildman–Crippen LogP) is 2.82. The Balaban J connectivity index is 2.43. The maximum absolute atomic E-state index is 10.3. The van der Waals surface area contributed by atoms with Crippen molar-refractivity contribution in [2.45, 2.75) is 13.0 Å². The number of rotatable bonds is 2. The number of aryl methyl sites for hydroxylation is 1. The van der Waals surface area contributed by atoms with Crippen molar-refractivity contribution in [3.8, 4) is 0 Å². The van der Waals surface area contributed by atoms with Crippen LogP contribution in [0.5, 0.6) is 0 Å². The summed E-state index contributed by atoms with van der Waals surface area (Å²) in [6.07, 6.45) is 2.65. The van der Waals surface area contributed by atoms with Gasteiger partial charge in [0.15, 0.2) is 0 Å². The summed E-state index contributed by atoms with van der Waals surface area (Å²) in [5.41, 5.74) is 8.88. The van der Waals surface area contributed by atoms with Gasteiger partial charge in [0.25, 0.3) is 0 Å². The minimum absolute atomic E-state index is 0.571. The van der Waals surface area contributed by atoms with Gasteiger partial charge in [-0.25, -0.2) is 0 Å². The van der Waals surface area contributed by atoms with Crippen LogP contribution in [0.4, 0.5) is 5.69 Å². The topological polar surface area (TPSA) is 59.1 Å². The second-order valence-electron chi connectivity index (χ2n) is 3.97. The molecule has 0 spiro atoms. The lowest BCUT2D eigenvalue weighted by Crippen LogP contribution is -2.04. The number of hydrogen-bond acceptors (Lipinski definition) is 3. The van der Waals surface area contributed by atoms with Crippen LogP contribution in [0.2, 0.25) is 0 Å². The molecule has 3 N–H and O–H groups in total. The minimum Gasteiger partial charge on any atom is -0.398 e. The zero-order chi connectivity index (χ0) is 12.4. The molecule has 0 amide bonds. The number of hydrogen-bond donors (Lipinski definition) is 2. The Morgan fingerprint density at radius 1 is 1.29 bits per heavy atom. The van der Waals surface area contributed by atoms with Crippen molar-refractivity contribution < 1.29 is 5.11 Å². The molecule has 1 unspecified atom stereocenters. The first-order chi connectivity index (χ1) is 8.08. The maximum Gasteiger partial charge on any atom is 0.108 e. The first kappa shape index (κ1) is 12.1. The second-order valence-corrected chi connectivity index (χ2v) is 4.89. The third kappa shape index (κ3) is 2.65. The maximum atomic E-state index is 10.3. The van der Waals surface area contributed by atoms with Crippen LogP contribution in [0.1, 0.15) is 22.8 Å². The molecule has 0 saturated carbocycles. The molecular formula is C13H13BrN2O. The van der Waals surface area contributed by atoms with Crippen LogP contribution >= 0.6 is 15.9 Å². The molecule has 3 nitrogen and oxygen atoms in total. The Labute approximate surface area is 108 Å². The monoisotopic (exact) mass is 292 g/mol. The van der Waals surface area contributed by atoms with Gasteiger partial charge >= 0.3 is 0 Å². The summed E-state index contributed by atoms with van der Waals surface area (Å²) >= 11 is 3.37. The number of aliphatic hydroxyl groups is 1. The van der Waals surface area contributed by atoms with E-state index in [1.165, 1.54) is 0 Å². The van der Waals surface area contributed by atoms with Crippen molar-refractivity contribution >= 4 is 21.6 Å². The summed E-state index contributed by atoms with van der Waals surface area (Å²) in [5, 5.41) is 10.3. The largest absolute Gasteiger partial charge is 0.398 e. The van der Waals surface area contributed by atoms with Crippen LogP contribution in [0.3, 0.4) is 0 Å². The zero-order valence-corrected chi connectivity index (χ0v) is 11.0. The van der Waals surface area contributed by atoms with Crippen molar-refractivity contribution in [1.82, 2.24) is 4.98 Å². The predicted molar refractivity (Wildman–Crippen MR) is 71.6 cm³/mol. The molecular weight excluding hydrogens is 280 g/mol. The number of nitrogen functional groups attached to an aromatic ring is 1. The van der Waals surface area contributed by atoms with Gasteiger partial charge in [0, 0.05) is 33.7 Å².